The number of alkyl halides is 2. The third-order valence-corrected chi connectivity index (χ3v) is 79.0. The average Bonchev–Trinajstić information content (AvgIpc) is 3.05. The van der Waals surface area contributed by atoms with Gasteiger partial charge in [-0.3, -0.25) is 0 Å². The van der Waals surface area contributed by atoms with Crippen LogP contribution in [0.4, 0.5) is 0 Å². The van der Waals surface area contributed by atoms with Crippen LogP contribution in [0.2, 0.25) is 0 Å². The summed E-state index contributed by atoms with van der Waals surface area (Å²) in [5, 5.41) is 0. The van der Waals surface area contributed by atoms with E-state index < -0.39 is 41.8 Å². The Balaban J connectivity index is 1.86. The zero-order valence-electron chi connectivity index (χ0n) is 22.6. The van der Waals surface area contributed by atoms with Crippen LogP contribution in [0.25, 0.3) is 0 Å². The summed E-state index contributed by atoms with van der Waals surface area (Å²) in [5.41, 5.74) is 0. The van der Waals surface area contributed by atoms with Gasteiger partial charge < -0.3 is 0 Å². The quantitative estimate of drug-likeness (QED) is 0.138. The summed E-state index contributed by atoms with van der Waals surface area (Å²) in [7, 11) is 0. The Bertz CT molecular complexity index is 1360. The van der Waals surface area contributed by atoms with Crippen LogP contribution in [0, 0.1) is 0 Å². The maximum atomic E-state index is 8.55. The van der Waals surface area contributed by atoms with Crippen molar-refractivity contribution < 1.29 is 0 Å². The number of benzene rings is 6. The van der Waals surface area contributed by atoms with E-state index >= 15 is 0 Å². The molecule has 6 aromatic rings. The molecule has 0 aliphatic heterocycles. The number of rotatable bonds is 8. The maximum absolute atomic E-state index is 8.55. The van der Waals surface area contributed by atoms with Gasteiger partial charge in [-0.05, 0) is 0 Å². The molecule has 0 aliphatic rings. The van der Waals surface area contributed by atoms with Gasteiger partial charge in [0, 0.05) is 0 Å². The summed E-state index contributed by atoms with van der Waals surface area (Å²) < 4.78 is 6.66. The summed E-state index contributed by atoms with van der Waals surface area (Å²) in [6.45, 7) is 0. The second kappa shape index (κ2) is 12.5. The Morgan fingerprint density at radius 1 is 0.268 bits per heavy atom. The van der Waals surface area contributed by atoms with E-state index in [1.807, 2.05) is 0 Å². The zero-order chi connectivity index (χ0) is 28.2. The predicted octanol–water partition coefficient (Wildman–Crippen LogP) is 5.58. The van der Waals surface area contributed by atoms with Crippen molar-refractivity contribution in [1.29, 1.82) is 0 Å². The van der Waals surface area contributed by atoms with Crippen molar-refractivity contribution in [3.8, 4) is 0 Å². The predicted molar refractivity (Wildman–Crippen MR) is 182 cm³/mol. The third kappa shape index (κ3) is 4.85. The molecule has 0 amide bonds. The molecule has 41 heavy (non-hydrogen) atoms. The van der Waals surface area contributed by atoms with E-state index in [-0.39, 0.29) is 0 Å². The molecule has 0 saturated carbocycles. The normalized spacial score (nSPS) is 12.1. The van der Waals surface area contributed by atoms with E-state index in [4.69, 9.17) is 23.2 Å². The van der Waals surface area contributed by atoms with Crippen LogP contribution in [0.5, 0.6) is 0 Å². The van der Waals surface area contributed by atoms with E-state index in [9.17, 15) is 0 Å². The molecule has 0 unspecified atom stereocenters. The second-order valence-corrected chi connectivity index (χ2v) is 55.0. The van der Waals surface area contributed by atoms with Crippen LogP contribution in [0.15, 0.2) is 182 Å². The SMILES string of the molecule is Cl[C](Cl)([Pb]([c]1ccccc1)([c]1ccccc1)[c]1ccccc1)[Pb]([c]1ccccc1)([c]1ccccc1)[c]1ccccc1. The van der Waals surface area contributed by atoms with Gasteiger partial charge in [0.15, 0.2) is 0 Å². The van der Waals surface area contributed by atoms with E-state index in [1.165, 1.54) is 18.7 Å². The van der Waals surface area contributed by atoms with Crippen LogP contribution < -0.4 is 18.7 Å². The second-order valence-electron chi connectivity index (χ2n) is 10.3. The number of hydrogen-bond donors (Lipinski definition) is 0. The van der Waals surface area contributed by atoms with Gasteiger partial charge in [0.25, 0.3) is 0 Å². The molecule has 0 fully saturated rings. The Hall–Kier alpha value is -2.26. The fourth-order valence-electron chi connectivity index (χ4n) is 6.50. The fraction of sp³-hybridized carbons (Fsp3) is 0.0270. The van der Waals surface area contributed by atoms with Crippen LogP contribution in [0.1, 0.15) is 0 Å². The van der Waals surface area contributed by atoms with E-state index in [1.54, 1.807) is 0 Å². The number of halogens is 2. The number of hydrogen-bond acceptors (Lipinski definition) is 0. The first-order valence-electron chi connectivity index (χ1n) is 13.8. The molecule has 0 heterocycles. The van der Waals surface area contributed by atoms with Gasteiger partial charge in [-0.25, -0.2) is 0 Å². The topological polar surface area (TPSA) is 0 Å². The molecule has 200 valence electrons. The van der Waals surface area contributed by atoms with Crippen molar-refractivity contribution in [2.24, 2.45) is 0 Å². The molecular weight excluding hydrogens is 930 g/mol. The van der Waals surface area contributed by atoms with Crippen molar-refractivity contribution in [3.63, 3.8) is 0 Å². The Kier molecular flexibility index (Phi) is 8.82. The van der Waals surface area contributed by atoms with Gasteiger partial charge in [0.2, 0.25) is 0 Å². The van der Waals surface area contributed by atoms with Crippen molar-refractivity contribution in [1.82, 2.24) is 0 Å². The zero-order valence-corrected chi connectivity index (χ0v) is 31.9. The average molecular weight is 960 g/mol. The Labute approximate surface area is 262 Å². The van der Waals surface area contributed by atoms with E-state index in [0.29, 0.717) is 0 Å². The molecule has 6 rings (SSSR count). The summed E-state index contributed by atoms with van der Waals surface area (Å²) in [6, 6.07) is 65.6. The van der Waals surface area contributed by atoms with E-state index in [2.05, 4.69) is 182 Å². The monoisotopic (exact) mass is 960 g/mol. The van der Waals surface area contributed by atoms with Gasteiger partial charge in [0.1, 0.15) is 0 Å². The Morgan fingerprint density at radius 2 is 0.415 bits per heavy atom. The molecule has 0 spiro atoms. The summed E-state index contributed by atoms with van der Waals surface area (Å²) >= 11 is 7.93. The molecule has 0 aromatic heterocycles. The minimum atomic E-state index is -4.59. The first-order valence-corrected chi connectivity index (χ1v) is 30.1. The van der Waals surface area contributed by atoms with Crippen LogP contribution in [-0.2, 0) is 0 Å². The molecule has 0 nitrogen and oxygen atoms in total. The third-order valence-electron chi connectivity index (χ3n) is 8.18. The van der Waals surface area contributed by atoms with Crippen LogP contribution in [0.3, 0.4) is 0 Å². The van der Waals surface area contributed by atoms with Gasteiger partial charge in [-0.15, -0.1) is 0 Å². The first kappa shape index (κ1) is 28.8. The van der Waals surface area contributed by atoms with Gasteiger partial charge in [-0.1, -0.05) is 0 Å². The Morgan fingerprint density at radius 3 is 0.561 bits per heavy atom. The molecule has 0 radical (unpaired) electrons. The summed E-state index contributed by atoms with van der Waals surface area (Å²) in [6.07, 6.45) is 0. The minimum absolute atomic E-state index is 1.06. The molecule has 0 aliphatic carbocycles. The van der Waals surface area contributed by atoms with E-state index in [0.717, 1.165) is 0 Å². The van der Waals surface area contributed by atoms with Crippen LogP contribution in [-0.4, -0.2) is 41.8 Å². The molecule has 0 saturated heterocycles. The molecule has 0 atom stereocenters. The molecular formula is C37H30Cl2Pb2. The van der Waals surface area contributed by atoms with Crippen molar-refractivity contribution in [3.05, 3.63) is 182 Å². The molecule has 0 bridgehead atoms. The van der Waals surface area contributed by atoms with Crippen LogP contribution >= 0.6 is 23.2 Å². The summed E-state index contributed by atoms with van der Waals surface area (Å²) in [5.74, 6) is 0. The van der Waals surface area contributed by atoms with Gasteiger partial charge >= 0.3 is 266 Å². The molecule has 4 heteroatoms. The van der Waals surface area contributed by atoms with Crippen molar-refractivity contribution in [2.75, 3.05) is 0 Å². The fourth-order valence-corrected chi connectivity index (χ4v) is 101. The molecule has 6 aromatic carbocycles. The van der Waals surface area contributed by atoms with Crippen molar-refractivity contribution in [2.45, 2.75) is -0.548 Å². The first-order chi connectivity index (χ1) is 20.1. The van der Waals surface area contributed by atoms with Crippen molar-refractivity contribution >= 4 is 84.3 Å². The summed E-state index contributed by atoms with van der Waals surface area (Å²) in [4.78, 5) is 0. The molecule has 0 N–H and O–H groups in total. The van der Waals surface area contributed by atoms with Gasteiger partial charge in [0.05, 0.1) is 0 Å². The standard InChI is InChI=1S/6C6H5.CCl2.2Pb/c6*1-2-4-6-5-3-1;2-1-3;;/h6*1-5H;;;. The van der Waals surface area contributed by atoms with Gasteiger partial charge in [-0.2, -0.15) is 0 Å².